The zero-order valence-corrected chi connectivity index (χ0v) is 21.3. The first-order chi connectivity index (χ1) is 18.4. The zero-order valence-electron chi connectivity index (χ0n) is 21.3. The van der Waals surface area contributed by atoms with Crippen LogP contribution >= 0.6 is 0 Å². The first kappa shape index (κ1) is 26.0. The fourth-order valence-corrected chi connectivity index (χ4v) is 3.71. The highest BCUT2D eigenvalue weighted by Gasteiger charge is 2.15. The molecular weight excluding hydrogens is 472 g/mol. The molecule has 0 aromatic heterocycles. The van der Waals surface area contributed by atoms with E-state index >= 15 is 0 Å². The quantitative estimate of drug-likeness (QED) is 0.211. The van der Waals surface area contributed by atoms with E-state index in [-0.39, 0.29) is 17.4 Å². The molecule has 5 heteroatoms. The summed E-state index contributed by atoms with van der Waals surface area (Å²) in [6.07, 6.45) is 4.95. The predicted octanol–water partition coefficient (Wildman–Crippen LogP) is 6.61. The van der Waals surface area contributed by atoms with Crippen LogP contribution in [-0.2, 0) is 4.79 Å². The summed E-state index contributed by atoms with van der Waals surface area (Å²) in [4.78, 5) is 38.6. The number of amides is 2. The van der Waals surface area contributed by atoms with Gasteiger partial charge in [-0.2, -0.15) is 0 Å². The average molecular weight is 501 g/mol. The highest BCUT2D eigenvalue weighted by molar-refractivity contribution is 6.11. The predicted molar refractivity (Wildman–Crippen MR) is 153 cm³/mol. The first-order valence-corrected chi connectivity index (χ1v) is 12.2. The Bertz CT molecular complexity index is 1500. The minimum Gasteiger partial charge on any atom is -0.321 e. The van der Waals surface area contributed by atoms with Gasteiger partial charge in [-0.05, 0) is 79.1 Å². The van der Waals surface area contributed by atoms with Crippen LogP contribution < -0.4 is 10.6 Å². The summed E-state index contributed by atoms with van der Waals surface area (Å²) in [7, 11) is 0. The van der Waals surface area contributed by atoms with E-state index in [9.17, 15) is 14.4 Å². The Kier molecular flexibility index (Phi) is 8.42. The molecule has 0 unspecified atom stereocenters. The molecule has 0 saturated heterocycles. The summed E-state index contributed by atoms with van der Waals surface area (Å²) < 4.78 is 0. The Morgan fingerprint density at radius 2 is 1.34 bits per heavy atom. The maximum atomic E-state index is 13.2. The molecule has 0 radical (unpaired) electrons. The standard InChI is InChI=1S/C33H28N2O3/c1-23-12-14-25(15-13-23)16-21-31(36)26-17-19-29(20-18-26)34-33(38)30(22-28-11-7-6-8-24(28)2)35-32(37)27-9-4-3-5-10-27/h3-22H,1-2H3,(H,34,38)(H,35,37)/b21-16+,30-22-. The van der Waals surface area contributed by atoms with Gasteiger partial charge in [0.1, 0.15) is 5.70 Å². The Balaban J connectivity index is 1.49. The lowest BCUT2D eigenvalue weighted by molar-refractivity contribution is -0.113. The molecule has 0 saturated carbocycles. The van der Waals surface area contributed by atoms with Crippen molar-refractivity contribution in [3.05, 3.63) is 148 Å². The number of nitrogens with one attached hydrogen (secondary N) is 2. The summed E-state index contributed by atoms with van der Waals surface area (Å²) in [6, 6.07) is 30.8. The van der Waals surface area contributed by atoms with Gasteiger partial charge in [0.05, 0.1) is 0 Å². The van der Waals surface area contributed by atoms with Crippen LogP contribution in [0.2, 0.25) is 0 Å². The van der Waals surface area contributed by atoms with Crippen LogP contribution in [0, 0.1) is 13.8 Å². The monoisotopic (exact) mass is 500 g/mol. The molecule has 0 aliphatic rings. The number of benzene rings is 4. The Morgan fingerprint density at radius 3 is 2.03 bits per heavy atom. The van der Waals surface area contributed by atoms with Crippen LogP contribution in [-0.4, -0.2) is 17.6 Å². The molecule has 4 aromatic carbocycles. The Morgan fingerprint density at radius 1 is 0.684 bits per heavy atom. The lowest BCUT2D eigenvalue weighted by atomic mass is 10.1. The van der Waals surface area contributed by atoms with Gasteiger partial charge in [0, 0.05) is 16.8 Å². The van der Waals surface area contributed by atoms with Gasteiger partial charge < -0.3 is 10.6 Å². The topological polar surface area (TPSA) is 75.3 Å². The van der Waals surface area contributed by atoms with Crippen LogP contribution in [0.5, 0.6) is 0 Å². The van der Waals surface area contributed by atoms with E-state index in [2.05, 4.69) is 10.6 Å². The molecule has 2 N–H and O–H groups in total. The van der Waals surface area contributed by atoms with E-state index < -0.39 is 5.91 Å². The van der Waals surface area contributed by atoms with Gasteiger partial charge in [-0.15, -0.1) is 0 Å². The second-order valence-corrected chi connectivity index (χ2v) is 8.87. The van der Waals surface area contributed by atoms with Crippen LogP contribution in [0.3, 0.4) is 0 Å². The van der Waals surface area contributed by atoms with E-state index in [1.807, 2.05) is 68.4 Å². The van der Waals surface area contributed by atoms with E-state index in [0.29, 0.717) is 16.8 Å². The van der Waals surface area contributed by atoms with E-state index in [0.717, 1.165) is 22.3 Å². The summed E-state index contributed by atoms with van der Waals surface area (Å²) >= 11 is 0. The molecule has 0 aliphatic heterocycles. The van der Waals surface area contributed by atoms with Gasteiger partial charge in [0.15, 0.2) is 5.78 Å². The molecule has 2 amide bonds. The fraction of sp³-hybridized carbons (Fsp3) is 0.0606. The number of aryl methyl sites for hydroxylation is 2. The number of hydrogen-bond acceptors (Lipinski definition) is 3. The van der Waals surface area contributed by atoms with Gasteiger partial charge in [0.25, 0.3) is 11.8 Å². The highest BCUT2D eigenvalue weighted by Crippen LogP contribution is 2.16. The van der Waals surface area contributed by atoms with Crippen LogP contribution in [0.25, 0.3) is 12.2 Å². The summed E-state index contributed by atoms with van der Waals surface area (Å²) in [5, 5.41) is 5.56. The van der Waals surface area contributed by atoms with Gasteiger partial charge in [-0.1, -0.05) is 78.4 Å². The van der Waals surface area contributed by atoms with Crippen molar-refractivity contribution in [2.75, 3.05) is 5.32 Å². The van der Waals surface area contributed by atoms with E-state index in [1.54, 1.807) is 60.7 Å². The van der Waals surface area contributed by atoms with Gasteiger partial charge >= 0.3 is 0 Å². The van der Waals surface area contributed by atoms with Crippen LogP contribution in [0.4, 0.5) is 5.69 Å². The van der Waals surface area contributed by atoms with Crippen molar-refractivity contribution in [1.29, 1.82) is 0 Å². The van der Waals surface area contributed by atoms with Crippen molar-refractivity contribution in [2.45, 2.75) is 13.8 Å². The van der Waals surface area contributed by atoms with Gasteiger partial charge in [-0.25, -0.2) is 0 Å². The molecule has 4 aromatic rings. The summed E-state index contributed by atoms with van der Waals surface area (Å²) in [5.41, 5.74) is 5.42. The summed E-state index contributed by atoms with van der Waals surface area (Å²) in [5.74, 6) is -1.00. The molecule has 0 atom stereocenters. The highest BCUT2D eigenvalue weighted by atomic mass is 16.2. The number of allylic oxidation sites excluding steroid dienone is 1. The molecular formula is C33H28N2O3. The van der Waals surface area contributed by atoms with Gasteiger partial charge in [0.2, 0.25) is 0 Å². The van der Waals surface area contributed by atoms with Crippen molar-refractivity contribution < 1.29 is 14.4 Å². The molecule has 38 heavy (non-hydrogen) atoms. The number of carbonyl (C=O) groups is 3. The maximum absolute atomic E-state index is 13.2. The molecule has 0 heterocycles. The van der Waals surface area contributed by atoms with Crippen molar-refractivity contribution in [2.24, 2.45) is 0 Å². The van der Waals surface area contributed by atoms with E-state index in [4.69, 9.17) is 0 Å². The molecule has 0 spiro atoms. The van der Waals surface area contributed by atoms with Crippen LogP contribution in [0.1, 0.15) is 43.0 Å². The number of rotatable bonds is 8. The van der Waals surface area contributed by atoms with Crippen molar-refractivity contribution in [3.8, 4) is 0 Å². The van der Waals surface area contributed by atoms with Crippen molar-refractivity contribution >= 4 is 35.4 Å². The fourth-order valence-electron chi connectivity index (χ4n) is 3.71. The lowest BCUT2D eigenvalue weighted by Gasteiger charge is -2.12. The van der Waals surface area contributed by atoms with Crippen molar-refractivity contribution in [1.82, 2.24) is 5.32 Å². The van der Waals surface area contributed by atoms with Gasteiger partial charge in [-0.3, -0.25) is 14.4 Å². The normalized spacial score (nSPS) is 11.3. The Labute approximate surface area is 222 Å². The third-order valence-corrected chi connectivity index (χ3v) is 5.95. The maximum Gasteiger partial charge on any atom is 0.272 e. The number of anilines is 1. The second kappa shape index (κ2) is 12.3. The number of hydrogen-bond donors (Lipinski definition) is 2. The number of ketones is 1. The molecule has 188 valence electrons. The smallest absolute Gasteiger partial charge is 0.272 e. The first-order valence-electron chi connectivity index (χ1n) is 12.2. The lowest BCUT2D eigenvalue weighted by Crippen LogP contribution is -2.30. The van der Waals surface area contributed by atoms with Crippen LogP contribution in [0.15, 0.2) is 115 Å². The number of carbonyl (C=O) groups excluding carboxylic acids is 3. The molecule has 5 nitrogen and oxygen atoms in total. The van der Waals surface area contributed by atoms with Crippen molar-refractivity contribution in [3.63, 3.8) is 0 Å². The molecule has 4 rings (SSSR count). The Hall–Kier alpha value is -5.03. The molecule has 0 fully saturated rings. The zero-order chi connectivity index (χ0) is 26.9. The minimum absolute atomic E-state index is 0.106. The third-order valence-electron chi connectivity index (χ3n) is 5.95. The second-order valence-electron chi connectivity index (χ2n) is 8.87. The molecule has 0 aliphatic carbocycles. The third kappa shape index (κ3) is 7.02. The molecule has 0 bridgehead atoms. The minimum atomic E-state index is -0.476. The largest absolute Gasteiger partial charge is 0.321 e. The summed E-state index contributed by atoms with van der Waals surface area (Å²) in [6.45, 7) is 3.95. The average Bonchev–Trinajstić information content (AvgIpc) is 2.94. The SMILES string of the molecule is Cc1ccc(/C=C/C(=O)c2ccc(NC(=O)/C(=C/c3ccccc3C)NC(=O)c3ccccc3)cc2)cc1. The van der Waals surface area contributed by atoms with E-state index in [1.165, 1.54) is 6.08 Å².